The Morgan fingerprint density at radius 1 is 1.13 bits per heavy atom. The number of rotatable bonds is 9. The molecule has 0 saturated carbocycles. The van der Waals surface area contributed by atoms with Gasteiger partial charge in [0.2, 0.25) is 0 Å². The van der Waals surface area contributed by atoms with E-state index in [9.17, 15) is 13.2 Å². The van der Waals surface area contributed by atoms with Gasteiger partial charge in [0.05, 0.1) is 24.0 Å². The molecule has 0 fully saturated rings. The Hall–Kier alpha value is -3.26. The van der Waals surface area contributed by atoms with Crippen LogP contribution in [-0.4, -0.2) is 35.0 Å². The van der Waals surface area contributed by atoms with Gasteiger partial charge in [-0.1, -0.05) is 6.07 Å². The van der Waals surface area contributed by atoms with Crippen LogP contribution in [0, 0.1) is 6.92 Å². The highest BCUT2D eigenvalue weighted by molar-refractivity contribution is 7.92. The Kier molecular flexibility index (Phi) is 7.02. The Balaban J connectivity index is 1.72. The van der Waals surface area contributed by atoms with E-state index in [0.29, 0.717) is 23.5 Å². The van der Waals surface area contributed by atoms with Crippen LogP contribution in [0.5, 0.6) is 5.75 Å². The highest BCUT2D eigenvalue weighted by Crippen LogP contribution is 2.27. The van der Waals surface area contributed by atoms with Crippen LogP contribution < -0.4 is 14.4 Å². The van der Waals surface area contributed by atoms with Crippen molar-refractivity contribution in [1.29, 1.82) is 0 Å². The lowest BCUT2D eigenvalue weighted by Gasteiger charge is -2.22. The number of carbonyl (C=O) groups is 1. The van der Waals surface area contributed by atoms with Crippen molar-refractivity contribution in [2.75, 3.05) is 25.0 Å². The number of nitrogens with one attached hydrogen (secondary N) is 1. The molecule has 0 radical (unpaired) electrons. The molecule has 2 aromatic carbocycles. The molecule has 1 heterocycles. The van der Waals surface area contributed by atoms with Crippen molar-refractivity contribution in [3.05, 3.63) is 77.7 Å². The number of anilines is 1. The van der Waals surface area contributed by atoms with E-state index in [1.165, 1.54) is 30.6 Å². The number of carbonyl (C=O) groups excluding carboxylic acids is 1. The summed E-state index contributed by atoms with van der Waals surface area (Å²) < 4.78 is 37.7. The standard InChI is InChI=1S/C23H26N2O5S/c1-17-8-9-18(23(26)24-14-4-6-20-7-5-15-30-20)16-22(17)25(2)31(27,28)21-12-10-19(29-3)11-13-21/h5,7-13,15-16H,4,6,14H2,1-3H3,(H,24,26). The number of aryl methyl sites for hydroxylation is 2. The normalized spacial score (nSPS) is 11.2. The number of nitrogens with zero attached hydrogens (tertiary/aromatic N) is 1. The number of methoxy groups -OCH3 is 1. The van der Waals surface area contributed by atoms with Crippen LogP contribution in [0.3, 0.4) is 0 Å². The number of hydrogen-bond acceptors (Lipinski definition) is 5. The minimum absolute atomic E-state index is 0.142. The Bertz CT molecular complexity index is 1120. The summed E-state index contributed by atoms with van der Waals surface area (Å²) in [6.45, 7) is 2.29. The molecule has 0 aliphatic rings. The molecular formula is C23H26N2O5S. The quantitative estimate of drug-likeness (QED) is 0.510. The summed E-state index contributed by atoms with van der Waals surface area (Å²) in [5, 5.41) is 2.87. The van der Waals surface area contributed by atoms with Crippen LogP contribution in [0.15, 0.2) is 70.2 Å². The van der Waals surface area contributed by atoms with Crippen molar-refractivity contribution in [2.24, 2.45) is 0 Å². The second kappa shape index (κ2) is 9.70. The first-order valence-corrected chi connectivity index (χ1v) is 11.3. The zero-order valence-electron chi connectivity index (χ0n) is 17.8. The molecule has 1 aromatic heterocycles. The second-order valence-electron chi connectivity index (χ2n) is 7.09. The predicted octanol–water partition coefficient (Wildman–Crippen LogP) is 3.78. The summed E-state index contributed by atoms with van der Waals surface area (Å²) in [6.07, 6.45) is 3.09. The zero-order chi connectivity index (χ0) is 22.4. The van der Waals surface area contributed by atoms with Gasteiger partial charge in [-0.15, -0.1) is 0 Å². The fourth-order valence-corrected chi connectivity index (χ4v) is 4.40. The molecule has 0 aliphatic heterocycles. The van der Waals surface area contributed by atoms with Crippen LogP contribution in [-0.2, 0) is 16.4 Å². The molecule has 0 aliphatic carbocycles. The topological polar surface area (TPSA) is 88.9 Å². The molecule has 31 heavy (non-hydrogen) atoms. The largest absolute Gasteiger partial charge is 0.497 e. The van der Waals surface area contributed by atoms with Crippen LogP contribution in [0.25, 0.3) is 0 Å². The third-order valence-corrected chi connectivity index (χ3v) is 6.78. The van der Waals surface area contributed by atoms with Crippen molar-refractivity contribution < 1.29 is 22.4 Å². The molecular weight excluding hydrogens is 416 g/mol. The number of hydrogen-bond donors (Lipinski definition) is 1. The summed E-state index contributed by atoms with van der Waals surface area (Å²) in [7, 11) is -0.793. The van der Waals surface area contributed by atoms with Gasteiger partial charge >= 0.3 is 0 Å². The van der Waals surface area contributed by atoms with E-state index >= 15 is 0 Å². The van der Waals surface area contributed by atoms with Gasteiger partial charge in [0.25, 0.3) is 15.9 Å². The SMILES string of the molecule is COc1ccc(S(=O)(=O)N(C)c2cc(C(=O)NCCCc3ccco3)ccc2C)cc1. The third kappa shape index (κ3) is 5.27. The van der Waals surface area contributed by atoms with E-state index in [4.69, 9.17) is 9.15 Å². The molecule has 0 atom stereocenters. The lowest BCUT2D eigenvalue weighted by atomic mass is 10.1. The van der Waals surface area contributed by atoms with Crippen molar-refractivity contribution in [3.63, 3.8) is 0 Å². The maximum Gasteiger partial charge on any atom is 0.264 e. The Morgan fingerprint density at radius 3 is 2.52 bits per heavy atom. The fourth-order valence-electron chi connectivity index (χ4n) is 3.15. The predicted molar refractivity (Wildman–Crippen MR) is 119 cm³/mol. The van der Waals surface area contributed by atoms with Crippen molar-refractivity contribution in [2.45, 2.75) is 24.7 Å². The minimum Gasteiger partial charge on any atom is -0.497 e. The second-order valence-corrected chi connectivity index (χ2v) is 9.06. The van der Waals surface area contributed by atoms with Crippen LogP contribution in [0.2, 0.25) is 0 Å². The maximum atomic E-state index is 13.1. The average molecular weight is 443 g/mol. The van der Waals surface area contributed by atoms with Crippen LogP contribution >= 0.6 is 0 Å². The van der Waals surface area contributed by atoms with E-state index in [1.54, 1.807) is 43.5 Å². The van der Waals surface area contributed by atoms with Gasteiger partial charge in [0, 0.05) is 25.6 Å². The van der Waals surface area contributed by atoms with Gasteiger partial charge < -0.3 is 14.5 Å². The summed E-state index contributed by atoms with van der Waals surface area (Å²) in [5.41, 5.74) is 1.59. The lowest BCUT2D eigenvalue weighted by molar-refractivity contribution is 0.0953. The van der Waals surface area contributed by atoms with Crippen molar-refractivity contribution in [3.8, 4) is 5.75 Å². The molecule has 1 amide bonds. The number of ether oxygens (including phenoxy) is 1. The number of benzene rings is 2. The van der Waals surface area contributed by atoms with E-state index in [0.717, 1.165) is 24.2 Å². The van der Waals surface area contributed by atoms with Gasteiger partial charge in [0.1, 0.15) is 11.5 Å². The van der Waals surface area contributed by atoms with E-state index in [1.807, 2.05) is 12.1 Å². The minimum atomic E-state index is -3.79. The van der Waals surface area contributed by atoms with E-state index < -0.39 is 10.0 Å². The number of sulfonamides is 1. The summed E-state index contributed by atoms with van der Waals surface area (Å²) >= 11 is 0. The van der Waals surface area contributed by atoms with Crippen LogP contribution in [0.4, 0.5) is 5.69 Å². The van der Waals surface area contributed by atoms with Gasteiger partial charge in [0.15, 0.2) is 0 Å². The van der Waals surface area contributed by atoms with Crippen molar-refractivity contribution in [1.82, 2.24) is 5.32 Å². The smallest absolute Gasteiger partial charge is 0.264 e. The first kappa shape index (κ1) is 22.4. The molecule has 164 valence electrons. The summed E-state index contributed by atoms with van der Waals surface area (Å²) in [5.74, 6) is 1.19. The van der Waals surface area contributed by atoms with E-state index in [2.05, 4.69) is 5.32 Å². The van der Waals surface area contributed by atoms with Gasteiger partial charge in [-0.05, 0) is 67.4 Å². The molecule has 7 nitrogen and oxygen atoms in total. The maximum absolute atomic E-state index is 13.1. The van der Waals surface area contributed by atoms with Gasteiger partial charge in [-0.2, -0.15) is 0 Å². The average Bonchev–Trinajstić information content (AvgIpc) is 3.30. The van der Waals surface area contributed by atoms with Crippen molar-refractivity contribution >= 4 is 21.6 Å². The monoisotopic (exact) mass is 442 g/mol. The molecule has 1 N–H and O–H groups in total. The Morgan fingerprint density at radius 2 is 1.87 bits per heavy atom. The Labute approximate surface area is 182 Å². The fraction of sp³-hybridized carbons (Fsp3) is 0.261. The molecule has 0 unspecified atom stereocenters. The molecule has 3 rings (SSSR count). The molecule has 8 heteroatoms. The lowest BCUT2D eigenvalue weighted by Crippen LogP contribution is -2.28. The highest BCUT2D eigenvalue weighted by atomic mass is 32.2. The molecule has 0 saturated heterocycles. The summed E-state index contributed by atoms with van der Waals surface area (Å²) in [6, 6.07) is 14.9. The number of furan rings is 1. The first-order chi connectivity index (χ1) is 14.8. The zero-order valence-corrected chi connectivity index (χ0v) is 18.6. The molecule has 3 aromatic rings. The first-order valence-electron chi connectivity index (χ1n) is 9.87. The van der Waals surface area contributed by atoms with Crippen LogP contribution in [0.1, 0.15) is 28.1 Å². The third-order valence-electron chi connectivity index (χ3n) is 4.99. The molecule has 0 spiro atoms. The van der Waals surface area contributed by atoms with E-state index in [-0.39, 0.29) is 10.8 Å². The highest BCUT2D eigenvalue weighted by Gasteiger charge is 2.23. The molecule has 0 bridgehead atoms. The summed E-state index contributed by atoms with van der Waals surface area (Å²) in [4.78, 5) is 12.7. The number of amides is 1. The van der Waals surface area contributed by atoms with Gasteiger partial charge in [-0.3, -0.25) is 9.10 Å². The van der Waals surface area contributed by atoms with Gasteiger partial charge in [-0.25, -0.2) is 8.42 Å².